The number of carbonyl (C=O) groups is 2. The van der Waals surface area contributed by atoms with Crippen LogP contribution in [0.2, 0.25) is 0 Å². The first-order valence-corrected chi connectivity index (χ1v) is 10.8. The van der Waals surface area contributed by atoms with Crippen LogP contribution in [0.25, 0.3) is 10.4 Å². The van der Waals surface area contributed by atoms with Gasteiger partial charge in [0.15, 0.2) is 6.10 Å². The molecule has 0 aliphatic carbocycles. The van der Waals surface area contributed by atoms with E-state index in [0.717, 1.165) is 40.3 Å². The Balaban J connectivity index is 1.99. The zero-order chi connectivity index (χ0) is 21.2. The van der Waals surface area contributed by atoms with E-state index in [-0.39, 0.29) is 6.03 Å². The molecule has 1 aromatic carbocycles. The fourth-order valence-electron chi connectivity index (χ4n) is 2.89. The van der Waals surface area contributed by atoms with Crippen LogP contribution in [0.3, 0.4) is 0 Å². The third kappa shape index (κ3) is 6.87. The molecule has 2 rings (SSSR count). The molecule has 2 aromatic rings. The molecule has 0 aliphatic rings. The fraction of sp³-hybridized carbons (Fsp3) is 0.455. The summed E-state index contributed by atoms with van der Waals surface area (Å²) in [5.41, 5.74) is 1.94. The highest BCUT2D eigenvalue weighted by atomic mass is 32.1. The fourth-order valence-corrected chi connectivity index (χ4v) is 3.86. The quantitative estimate of drug-likeness (QED) is 0.515. The number of benzene rings is 1. The maximum Gasteiger partial charge on any atom is 0.333 e. The average molecular weight is 419 g/mol. The van der Waals surface area contributed by atoms with Crippen LogP contribution in [0.5, 0.6) is 0 Å². The van der Waals surface area contributed by atoms with E-state index in [2.05, 4.69) is 12.2 Å². The summed E-state index contributed by atoms with van der Waals surface area (Å²) < 4.78 is 5.27. The molecule has 0 radical (unpaired) electrons. The average Bonchev–Trinajstić information content (AvgIpc) is 3.20. The Morgan fingerprint density at radius 3 is 2.48 bits per heavy atom. The van der Waals surface area contributed by atoms with Gasteiger partial charge in [-0.25, -0.2) is 9.59 Å². The summed E-state index contributed by atoms with van der Waals surface area (Å²) in [5.74, 6) is -0.949. The predicted octanol–water partition coefficient (Wildman–Crippen LogP) is 4.78. The standard InChI is InChI=1S/C22H30N2O4S/c1-4-6-7-14-23-22(27)24(3)20-13-12-19(29-20)17-10-8-16(9-11-17)15-18(21(25)26)28-5-2/h8-13,18H,4-7,14-15H2,1-3H3,(H,23,27)(H,25,26). The van der Waals surface area contributed by atoms with E-state index >= 15 is 0 Å². The summed E-state index contributed by atoms with van der Waals surface area (Å²) in [6, 6.07) is 11.6. The second-order valence-electron chi connectivity index (χ2n) is 6.82. The minimum atomic E-state index is -0.949. The second kappa shape index (κ2) is 11.6. The molecule has 1 heterocycles. The van der Waals surface area contributed by atoms with Crippen LogP contribution in [0, 0.1) is 0 Å². The van der Waals surface area contributed by atoms with Gasteiger partial charge in [-0.1, -0.05) is 44.0 Å². The third-order valence-corrected chi connectivity index (χ3v) is 5.80. The van der Waals surface area contributed by atoms with Crippen LogP contribution in [-0.4, -0.2) is 43.4 Å². The van der Waals surface area contributed by atoms with Gasteiger partial charge in [0.1, 0.15) is 0 Å². The number of unbranched alkanes of at least 4 members (excludes halogenated alkanes) is 2. The van der Waals surface area contributed by atoms with E-state index in [9.17, 15) is 14.7 Å². The number of rotatable bonds is 11. The third-order valence-electron chi connectivity index (χ3n) is 4.59. The van der Waals surface area contributed by atoms with Crippen molar-refractivity contribution in [2.45, 2.75) is 45.6 Å². The molecule has 1 atom stereocenters. The molecular formula is C22H30N2O4S. The number of hydrogen-bond acceptors (Lipinski definition) is 4. The van der Waals surface area contributed by atoms with Gasteiger partial charge >= 0.3 is 12.0 Å². The maximum absolute atomic E-state index is 12.3. The molecule has 0 bridgehead atoms. The SMILES string of the molecule is CCCCCNC(=O)N(C)c1ccc(-c2ccc(CC(OCC)C(=O)O)cc2)s1. The Morgan fingerprint density at radius 2 is 1.86 bits per heavy atom. The lowest BCUT2D eigenvalue weighted by Crippen LogP contribution is -2.37. The van der Waals surface area contributed by atoms with Crippen LogP contribution < -0.4 is 10.2 Å². The van der Waals surface area contributed by atoms with Crippen LogP contribution in [0.1, 0.15) is 38.7 Å². The van der Waals surface area contributed by atoms with Crippen LogP contribution >= 0.6 is 11.3 Å². The molecule has 2 amide bonds. The lowest BCUT2D eigenvalue weighted by molar-refractivity contribution is -0.149. The Morgan fingerprint density at radius 1 is 1.14 bits per heavy atom. The highest BCUT2D eigenvalue weighted by Crippen LogP contribution is 2.33. The Labute approximate surface area is 176 Å². The van der Waals surface area contributed by atoms with Crippen LogP contribution in [-0.2, 0) is 16.0 Å². The molecule has 1 unspecified atom stereocenters. The van der Waals surface area contributed by atoms with E-state index in [0.29, 0.717) is 19.6 Å². The van der Waals surface area contributed by atoms with Gasteiger partial charge in [0.2, 0.25) is 0 Å². The zero-order valence-corrected chi connectivity index (χ0v) is 18.1. The van der Waals surface area contributed by atoms with Gasteiger partial charge in [-0.05, 0) is 36.6 Å². The smallest absolute Gasteiger partial charge is 0.333 e. The first kappa shape index (κ1) is 22.9. The Kier molecular flexibility index (Phi) is 9.15. The molecule has 158 valence electrons. The molecule has 6 nitrogen and oxygen atoms in total. The Hall–Kier alpha value is -2.38. The van der Waals surface area contributed by atoms with Crippen molar-refractivity contribution in [1.82, 2.24) is 5.32 Å². The Bertz CT molecular complexity index is 788. The number of amides is 2. The summed E-state index contributed by atoms with van der Waals surface area (Å²) in [6.45, 7) is 4.98. The summed E-state index contributed by atoms with van der Waals surface area (Å²) >= 11 is 1.55. The number of carboxylic acid groups (broad SMARTS) is 1. The second-order valence-corrected chi connectivity index (χ2v) is 7.88. The summed E-state index contributed by atoms with van der Waals surface area (Å²) in [5, 5.41) is 13.0. The lowest BCUT2D eigenvalue weighted by Gasteiger charge is -2.16. The molecule has 0 saturated carbocycles. The number of thiophene rings is 1. The van der Waals surface area contributed by atoms with E-state index in [4.69, 9.17) is 4.74 Å². The monoisotopic (exact) mass is 418 g/mol. The molecule has 0 saturated heterocycles. The highest BCUT2D eigenvalue weighted by Gasteiger charge is 2.18. The number of carbonyl (C=O) groups excluding carboxylic acids is 1. The van der Waals surface area contributed by atoms with Crippen molar-refractivity contribution < 1.29 is 19.4 Å². The molecule has 1 aromatic heterocycles. The minimum Gasteiger partial charge on any atom is -0.479 e. The number of anilines is 1. The van der Waals surface area contributed by atoms with Gasteiger partial charge in [0, 0.05) is 31.5 Å². The van der Waals surface area contributed by atoms with E-state index in [1.165, 1.54) is 0 Å². The van der Waals surface area contributed by atoms with Crippen molar-refractivity contribution >= 4 is 28.3 Å². The first-order valence-electron chi connectivity index (χ1n) is 10.0. The molecule has 2 N–H and O–H groups in total. The number of urea groups is 1. The molecule has 0 aliphatic heterocycles. The normalized spacial score (nSPS) is 11.8. The minimum absolute atomic E-state index is 0.0968. The van der Waals surface area contributed by atoms with Crippen molar-refractivity contribution in [1.29, 1.82) is 0 Å². The van der Waals surface area contributed by atoms with Crippen molar-refractivity contribution in [3.63, 3.8) is 0 Å². The summed E-state index contributed by atoms with van der Waals surface area (Å²) in [4.78, 5) is 26.2. The van der Waals surface area contributed by atoms with Gasteiger partial charge in [-0.15, -0.1) is 11.3 Å². The van der Waals surface area contributed by atoms with Crippen molar-refractivity contribution in [2.24, 2.45) is 0 Å². The first-order chi connectivity index (χ1) is 14.0. The molecular weight excluding hydrogens is 388 g/mol. The molecule has 7 heteroatoms. The molecule has 0 fully saturated rings. The number of nitrogens with one attached hydrogen (secondary N) is 1. The van der Waals surface area contributed by atoms with E-state index in [1.807, 2.05) is 36.4 Å². The largest absolute Gasteiger partial charge is 0.479 e. The van der Waals surface area contributed by atoms with Crippen LogP contribution in [0.4, 0.5) is 9.80 Å². The molecule has 0 spiro atoms. The van der Waals surface area contributed by atoms with E-state index < -0.39 is 12.1 Å². The van der Waals surface area contributed by atoms with Gasteiger partial charge in [0.05, 0.1) is 5.00 Å². The number of carboxylic acids is 1. The summed E-state index contributed by atoms with van der Waals surface area (Å²) in [6.07, 6.45) is 2.73. The maximum atomic E-state index is 12.3. The van der Waals surface area contributed by atoms with Gasteiger partial charge in [-0.3, -0.25) is 4.90 Å². The number of ether oxygens (including phenoxy) is 1. The lowest BCUT2D eigenvalue weighted by atomic mass is 10.1. The number of nitrogens with zero attached hydrogens (tertiary/aromatic N) is 1. The van der Waals surface area contributed by atoms with E-state index in [1.54, 1.807) is 30.2 Å². The van der Waals surface area contributed by atoms with Crippen molar-refractivity contribution in [2.75, 3.05) is 25.1 Å². The van der Waals surface area contributed by atoms with Crippen molar-refractivity contribution in [3.05, 3.63) is 42.0 Å². The number of hydrogen-bond donors (Lipinski definition) is 2. The predicted molar refractivity (Wildman–Crippen MR) is 118 cm³/mol. The van der Waals surface area contributed by atoms with Crippen molar-refractivity contribution in [3.8, 4) is 10.4 Å². The van der Waals surface area contributed by atoms with Gasteiger partial charge in [0.25, 0.3) is 0 Å². The topological polar surface area (TPSA) is 78.9 Å². The van der Waals surface area contributed by atoms with Crippen LogP contribution in [0.15, 0.2) is 36.4 Å². The van der Waals surface area contributed by atoms with Gasteiger partial charge < -0.3 is 15.2 Å². The highest BCUT2D eigenvalue weighted by molar-refractivity contribution is 7.19. The van der Waals surface area contributed by atoms with Gasteiger partial charge in [-0.2, -0.15) is 0 Å². The number of aliphatic carboxylic acids is 1. The molecule has 29 heavy (non-hydrogen) atoms. The summed E-state index contributed by atoms with van der Waals surface area (Å²) in [7, 11) is 1.77. The zero-order valence-electron chi connectivity index (χ0n) is 17.3.